The van der Waals surface area contributed by atoms with Crippen LogP contribution in [0, 0.1) is 5.92 Å². The standard InChI is InChI=1S/C9H13NO2/c1-8(6-11)5-10-4-2-3-9(10)7-12/h2-4,7-8,11H,5-6H2,1H3. The molecule has 0 spiro atoms. The van der Waals surface area contributed by atoms with Crippen molar-refractivity contribution >= 4 is 6.29 Å². The quantitative estimate of drug-likeness (QED) is 0.678. The SMILES string of the molecule is CC(CO)Cn1cccc1C=O. The fourth-order valence-electron chi connectivity index (χ4n) is 1.09. The Labute approximate surface area is 71.6 Å². The van der Waals surface area contributed by atoms with Crippen LogP contribution in [0.25, 0.3) is 0 Å². The Kier molecular flexibility index (Phi) is 3.05. The molecule has 0 amide bonds. The van der Waals surface area contributed by atoms with Gasteiger partial charge in [0.05, 0.1) is 5.69 Å². The summed E-state index contributed by atoms with van der Waals surface area (Å²) in [4.78, 5) is 10.5. The number of rotatable bonds is 4. The zero-order chi connectivity index (χ0) is 8.97. The van der Waals surface area contributed by atoms with Crippen molar-refractivity contribution in [1.29, 1.82) is 0 Å². The molecule has 1 aromatic heterocycles. The molecule has 0 aliphatic rings. The Bertz CT molecular complexity index is 255. The highest BCUT2D eigenvalue weighted by molar-refractivity contribution is 5.72. The predicted molar refractivity (Wildman–Crippen MR) is 46.1 cm³/mol. The van der Waals surface area contributed by atoms with Crippen LogP contribution in [0.2, 0.25) is 0 Å². The van der Waals surface area contributed by atoms with Crippen molar-refractivity contribution in [3.05, 3.63) is 24.0 Å². The third-order valence-corrected chi connectivity index (χ3v) is 1.81. The van der Waals surface area contributed by atoms with Gasteiger partial charge in [-0.15, -0.1) is 0 Å². The van der Waals surface area contributed by atoms with Gasteiger partial charge in [0, 0.05) is 19.3 Å². The molecular formula is C9H13NO2. The molecular weight excluding hydrogens is 154 g/mol. The second-order valence-electron chi connectivity index (χ2n) is 2.99. The van der Waals surface area contributed by atoms with Gasteiger partial charge in [0.25, 0.3) is 0 Å². The average Bonchev–Trinajstić information content (AvgIpc) is 2.51. The zero-order valence-corrected chi connectivity index (χ0v) is 7.10. The Morgan fingerprint density at radius 2 is 2.50 bits per heavy atom. The van der Waals surface area contributed by atoms with Crippen molar-refractivity contribution in [3.63, 3.8) is 0 Å². The lowest BCUT2D eigenvalue weighted by molar-refractivity contribution is 0.111. The normalized spacial score (nSPS) is 12.8. The van der Waals surface area contributed by atoms with Gasteiger partial charge in [0.15, 0.2) is 6.29 Å². The molecule has 0 fully saturated rings. The van der Waals surface area contributed by atoms with Crippen LogP contribution in [-0.2, 0) is 6.54 Å². The van der Waals surface area contributed by atoms with E-state index in [4.69, 9.17) is 5.11 Å². The van der Waals surface area contributed by atoms with E-state index in [9.17, 15) is 4.79 Å². The molecule has 0 saturated carbocycles. The number of hydrogen-bond acceptors (Lipinski definition) is 2. The Balaban J connectivity index is 2.67. The fourth-order valence-corrected chi connectivity index (χ4v) is 1.09. The van der Waals surface area contributed by atoms with Crippen molar-refractivity contribution in [2.24, 2.45) is 5.92 Å². The molecule has 1 unspecified atom stereocenters. The monoisotopic (exact) mass is 167 g/mol. The van der Waals surface area contributed by atoms with E-state index in [1.54, 1.807) is 6.07 Å². The molecule has 3 heteroatoms. The van der Waals surface area contributed by atoms with E-state index >= 15 is 0 Å². The molecule has 0 saturated heterocycles. The average molecular weight is 167 g/mol. The number of aliphatic hydroxyl groups is 1. The van der Waals surface area contributed by atoms with E-state index < -0.39 is 0 Å². The number of aliphatic hydroxyl groups excluding tert-OH is 1. The summed E-state index contributed by atoms with van der Waals surface area (Å²) < 4.78 is 1.84. The highest BCUT2D eigenvalue weighted by Crippen LogP contribution is 2.04. The summed E-state index contributed by atoms with van der Waals surface area (Å²) in [5, 5.41) is 8.80. The first-order chi connectivity index (χ1) is 5.77. The maximum Gasteiger partial charge on any atom is 0.166 e. The molecule has 0 aliphatic heterocycles. The van der Waals surface area contributed by atoms with Gasteiger partial charge >= 0.3 is 0 Å². The van der Waals surface area contributed by atoms with Crippen LogP contribution in [0.4, 0.5) is 0 Å². The molecule has 1 rings (SSSR count). The van der Waals surface area contributed by atoms with Crippen molar-refractivity contribution in [1.82, 2.24) is 4.57 Å². The van der Waals surface area contributed by atoms with Crippen molar-refractivity contribution < 1.29 is 9.90 Å². The van der Waals surface area contributed by atoms with Gasteiger partial charge < -0.3 is 9.67 Å². The summed E-state index contributed by atoms with van der Waals surface area (Å²) in [5.41, 5.74) is 0.662. The third-order valence-electron chi connectivity index (χ3n) is 1.81. The van der Waals surface area contributed by atoms with Gasteiger partial charge in [0.1, 0.15) is 0 Å². The molecule has 1 heterocycles. The number of hydrogen-bond donors (Lipinski definition) is 1. The summed E-state index contributed by atoms with van der Waals surface area (Å²) in [6, 6.07) is 3.59. The second kappa shape index (κ2) is 4.07. The van der Waals surface area contributed by atoms with Crippen LogP contribution in [0.5, 0.6) is 0 Å². The van der Waals surface area contributed by atoms with Gasteiger partial charge in [-0.05, 0) is 18.1 Å². The molecule has 0 bridgehead atoms. The minimum absolute atomic E-state index is 0.149. The lowest BCUT2D eigenvalue weighted by Crippen LogP contribution is -2.12. The van der Waals surface area contributed by atoms with Gasteiger partial charge in [0.2, 0.25) is 0 Å². The molecule has 0 aromatic carbocycles. The smallest absolute Gasteiger partial charge is 0.166 e. The summed E-state index contributed by atoms with van der Waals surface area (Å²) in [5.74, 6) is 0.191. The summed E-state index contributed by atoms with van der Waals surface area (Å²) >= 11 is 0. The molecule has 1 atom stereocenters. The highest BCUT2D eigenvalue weighted by atomic mass is 16.3. The maximum atomic E-state index is 10.5. The largest absolute Gasteiger partial charge is 0.396 e. The van der Waals surface area contributed by atoms with E-state index in [0.717, 1.165) is 6.29 Å². The predicted octanol–water partition coefficient (Wildman–Crippen LogP) is 0.929. The van der Waals surface area contributed by atoms with Gasteiger partial charge in [-0.1, -0.05) is 6.92 Å². The van der Waals surface area contributed by atoms with Crippen LogP contribution < -0.4 is 0 Å². The van der Waals surface area contributed by atoms with Crippen LogP contribution in [0.15, 0.2) is 18.3 Å². The Morgan fingerprint density at radius 3 is 3.08 bits per heavy atom. The molecule has 0 aliphatic carbocycles. The Hall–Kier alpha value is -1.09. The minimum atomic E-state index is 0.149. The number of carbonyl (C=O) groups excluding carboxylic acids is 1. The molecule has 66 valence electrons. The molecule has 12 heavy (non-hydrogen) atoms. The van der Waals surface area contributed by atoms with E-state index in [1.165, 1.54) is 0 Å². The maximum absolute atomic E-state index is 10.5. The summed E-state index contributed by atoms with van der Waals surface area (Å²) in [6.45, 7) is 2.78. The number of aromatic nitrogens is 1. The van der Waals surface area contributed by atoms with Crippen molar-refractivity contribution in [2.75, 3.05) is 6.61 Å². The summed E-state index contributed by atoms with van der Waals surface area (Å²) in [7, 11) is 0. The van der Waals surface area contributed by atoms with E-state index in [0.29, 0.717) is 12.2 Å². The molecule has 1 N–H and O–H groups in total. The Morgan fingerprint density at radius 1 is 1.75 bits per heavy atom. The van der Waals surface area contributed by atoms with Crippen LogP contribution in [0.1, 0.15) is 17.4 Å². The van der Waals surface area contributed by atoms with Crippen LogP contribution >= 0.6 is 0 Å². The summed E-state index contributed by atoms with van der Waals surface area (Å²) in [6.07, 6.45) is 2.67. The van der Waals surface area contributed by atoms with Gasteiger partial charge in [-0.3, -0.25) is 4.79 Å². The van der Waals surface area contributed by atoms with Gasteiger partial charge in [-0.25, -0.2) is 0 Å². The van der Waals surface area contributed by atoms with E-state index in [1.807, 2.05) is 23.8 Å². The minimum Gasteiger partial charge on any atom is -0.396 e. The van der Waals surface area contributed by atoms with Crippen LogP contribution in [-0.4, -0.2) is 22.6 Å². The second-order valence-corrected chi connectivity index (χ2v) is 2.99. The third kappa shape index (κ3) is 1.95. The van der Waals surface area contributed by atoms with Gasteiger partial charge in [-0.2, -0.15) is 0 Å². The number of aldehydes is 1. The molecule has 1 aromatic rings. The topological polar surface area (TPSA) is 42.2 Å². The first-order valence-corrected chi connectivity index (χ1v) is 3.99. The first-order valence-electron chi connectivity index (χ1n) is 3.99. The van der Waals surface area contributed by atoms with Crippen molar-refractivity contribution in [3.8, 4) is 0 Å². The van der Waals surface area contributed by atoms with E-state index in [-0.39, 0.29) is 12.5 Å². The molecule has 0 radical (unpaired) electrons. The number of carbonyl (C=O) groups is 1. The first kappa shape index (κ1) is 9.00. The van der Waals surface area contributed by atoms with E-state index in [2.05, 4.69) is 0 Å². The zero-order valence-electron chi connectivity index (χ0n) is 7.10. The van der Waals surface area contributed by atoms with Crippen molar-refractivity contribution in [2.45, 2.75) is 13.5 Å². The number of nitrogens with zero attached hydrogens (tertiary/aromatic N) is 1. The molecule has 3 nitrogen and oxygen atoms in total. The van der Waals surface area contributed by atoms with Crippen LogP contribution in [0.3, 0.4) is 0 Å². The fraction of sp³-hybridized carbons (Fsp3) is 0.444. The lowest BCUT2D eigenvalue weighted by Gasteiger charge is -2.09. The highest BCUT2D eigenvalue weighted by Gasteiger charge is 2.03. The lowest BCUT2D eigenvalue weighted by atomic mass is 10.2.